The molecule has 0 saturated carbocycles. The van der Waals surface area contributed by atoms with Crippen molar-refractivity contribution < 1.29 is 4.43 Å². The van der Waals surface area contributed by atoms with Crippen LogP contribution in [0, 0.1) is 0 Å². The summed E-state index contributed by atoms with van der Waals surface area (Å²) < 4.78 is 5.71. The van der Waals surface area contributed by atoms with Gasteiger partial charge in [-0.1, -0.05) is 48.5 Å². The topological polar surface area (TPSA) is 9.23 Å². The van der Waals surface area contributed by atoms with E-state index in [2.05, 4.69) is 26.9 Å². The van der Waals surface area contributed by atoms with E-state index in [4.69, 9.17) is 4.43 Å². The van der Waals surface area contributed by atoms with E-state index in [-0.39, 0.29) is 22.3 Å². The highest BCUT2D eigenvalue weighted by Crippen LogP contribution is 2.15. The van der Waals surface area contributed by atoms with Gasteiger partial charge in [-0.05, 0) is 26.1 Å². The Kier molecular flexibility index (Phi) is 22.4. The summed E-state index contributed by atoms with van der Waals surface area (Å²) in [6.07, 6.45) is 4.04. The van der Waals surface area contributed by atoms with Crippen LogP contribution < -0.4 is 0 Å². The summed E-state index contributed by atoms with van der Waals surface area (Å²) in [6, 6.07) is 1.33. The standard InChI is InChI=1S/C9H22OSi.3CH4/c1-5-7-8-9-11(3,4)10-6-2;;;/h5-9H2,1-4H3;3*1H4. The summed E-state index contributed by atoms with van der Waals surface area (Å²) in [6.45, 7) is 9.85. The Morgan fingerprint density at radius 2 is 1.43 bits per heavy atom. The van der Waals surface area contributed by atoms with E-state index >= 15 is 0 Å². The highest BCUT2D eigenvalue weighted by atomic mass is 28.4. The third-order valence-electron chi connectivity index (χ3n) is 1.92. The molecule has 0 spiro atoms. The van der Waals surface area contributed by atoms with Crippen LogP contribution in [0.2, 0.25) is 19.1 Å². The second-order valence-corrected chi connectivity index (χ2v) is 7.96. The zero-order chi connectivity index (χ0) is 8.74. The summed E-state index contributed by atoms with van der Waals surface area (Å²) >= 11 is 0. The van der Waals surface area contributed by atoms with Gasteiger partial charge in [-0.2, -0.15) is 0 Å². The van der Waals surface area contributed by atoms with Crippen molar-refractivity contribution in [3.05, 3.63) is 0 Å². The van der Waals surface area contributed by atoms with E-state index in [0.717, 1.165) is 6.61 Å². The highest BCUT2D eigenvalue weighted by Gasteiger charge is 2.20. The summed E-state index contributed by atoms with van der Waals surface area (Å²) in [5, 5.41) is 0. The Balaban J connectivity index is -0.000000167. The molecule has 0 rings (SSSR count). The van der Waals surface area contributed by atoms with Crippen molar-refractivity contribution >= 4 is 8.32 Å². The maximum Gasteiger partial charge on any atom is 0.186 e. The van der Waals surface area contributed by atoms with Crippen molar-refractivity contribution in [1.29, 1.82) is 0 Å². The summed E-state index contributed by atoms with van der Waals surface area (Å²) in [4.78, 5) is 0. The van der Waals surface area contributed by atoms with Gasteiger partial charge >= 0.3 is 0 Å². The minimum atomic E-state index is -1.24. The molecule has 0 aliphatic rings. The summed E-state index contributed by atoms with van der Waals surface area (Å²) in [5.74, 6) is 0. The lowest BCUT2D eigenvalue weighted by Crippen LogP contribution is -2.29. The van der Waals surface area contributed by atoms with Crippen LogP contribution >= 0.6 is 0 Å². The molecule has 0 atom stereocenters. The first-order chi connectivity index (χ1) is 5.12. The molecule has 2 heteroatoms. The van der Waals surface area contributed by atoms with E-state index in [9.17, 15) is 0 Å². The molecule has 0 radical (unpaired) electrons. The fraction of sp³-hybridized carbons (Fsp3) is 1.00. The predicted molar refractivity (Wildman–Crippen MR) is 73.6 cm³/mol. The first-order valence-corrected chi connectivity index (χ1v) is 7.88. The minimum absolute atomic E-state index is 0. The number of hydrogen-bond acceptors (Lipinski definition) is 1. The van der Waals surface area contributed by atoms with Gasteiger partial charge in [-0.15, -0.1) is 0 Å². The van der Waals surface area contributed by atoms with Crippen LogP contribution in [0.5, 0.6) is 0 Å². The van der Waals surface area contributed by atoms with Gasteiger partial charge in [0.05, 0.1) is 0 Å². The maximum absolute atomic E-state index is 5.71. The number of rotatable bonds is 6. The molecule has 0 heterocycles. The Hall–Kier alpha value is 0.177. The van der Waals surface area contributed by atoms with Crippen LogP contribution in [0.15, 0.2) is 0 Å². The molecule has 0 aromatic carbocycles. The van der Waals surface area contributed by atoms with Crippen molar-refractivity contribution in [2.75, 3.05) is 6.61 Å². The first kappa shape index (κ1) is 23.8. The molecule has 0 aliphatic heterocycles. The van der Waals surface area contributed by atoms with Gasteiger partial charge in [-0.3, -0.25) is 0 Å². The largest absolute Gasteiger partial charge is 0.418 e. The fourth-order valence-electron chi connectivity index (χ4n) is 1.26. The van der Waals surface area contributed by atoms with Gasteiger partial charge in [0.25, 0.3) is 0 Å². The van der Waals surface area contributed by atoms with Crippen molar-refractivity contribution in [3.63, 3.8) is 0 Å². The molecule has 1 nitrogen and oxygen atoms in total. The van der Waals surface area contributed by atoms with Crippen LogP contribution in [0.3, 0.4) is 0 Å². The Morgan fingerprint density at radius 3 is 1.79 bits per heavy atom. The van der Waals surface area contributed by atoms with Crippen LogP contribution in [-0.2, 0) is 4.43 Å². The monoisotopic (exact) mass is 222 g/mol. The molecule has 0 aromatic rings. The molecule has 14 heavy (non-hydrogen) atoms. The van der Waals surface area contributed by atoms with Crippen LogP contribution in [0.1, 0.15) is 55.4 Å². The van der Waals surface area contributed by atoms with Crippen molar-refractivity contribution in [2.45, 2.75) is 74.5 Å². The molecule has 0 aliphatic carbocycles. The second-order valence-electron chi connectivity index (χ2n) is 3.65. The van der Waals surface area contributed by atoms with Gasteiger partial charge < -0.3 is 4.43 Å². The molecule has 0 N–H and O–H groups in total. The zero-order valence-electron chi connectivity index (χ0n) is 8.44. The summed E-state index contributed by atoms with van der Waals surface area (Å²) in [5.41, 5.74) is 0. The van der Waals surface area contributed by atoms with Crippen molar-refractivity contribution in [1.82, 2.24) is 0 Å². The van der Waals surface area contributed by atoms with E-state index < -0.39 is 8.32 Å². The molecule has 0 bridgehead atoms. The molecule has 0 fully saturated rings. The lowest BCUT2D eigenvalue weighted by Gasteiger charge is -2.21. The Labute approximate surface area is 94.4 Å². The van der Waals surface area contributed by atoms with E-state index in [1.165, 1.54) is 25.3 Å². The minimum Gasteiger partial charge on any atom is -0.418 e. The van der Waals surface area contributed by atoms with E-state index in [1.54, 1.807) is 0 Å². The zero-order valence-corrected chi connectivity index (χ0v) is 9.44. The quantitative estimate of drug-likeness (QED) is 0.436. The molecule has 0 amide bonds. The van der Waals surface area contributed by atoms with Crippen LogP contribution in [0.4, 0.5) is 0 Å². The second kappa shape index (κ2) is 13.2. The molecule has 0 unspecified atom stereocenters. The van der Waals surface area contributed by atoms with Crippen LogP contribution in [-0.4, -0.2) is 14.9 Å². The van der Waals surface area contributed by atoms with Gasteiger partial charge in [0.2, 0.25) is 0 Å². The molecule has 0 aromatic heterocycles. The lowest BCUT2D eigenvalue weighted by atomic mass is 10.3. The molecular weight excluding hydrogens is 188 g/mol. The first-order valence-electron chi connectivity index (χ1n) is 4.76. The van der Waals surface area contributed by atoms with E-state index in [0.29, 0.717) is 0 Å². The molecule has 92 valence electrons. The normalized spacial score (nSPS) is 9.43. The third-order valence-corrected chi connectivity index (χ3v) is 4.55. The maximum atomic E-state index is 5.71. The van der Waals surface area contributed by atoms with Gasteiger partial charge in [0.15, 0.2) is 8.32 Å². The van der Waals surface area contributed by atoms with Crippen molar-refractivity contribution in [3.8, 4) is 0 Å². The van der Waals surface area contributed by atoms with Gasteiger partial charge in [-0.25, -0.2) is 0 Å². The van der Waals surface area contributed by atoms with Gasteiger partial charge in [0.1, 0.15) is 0 Å². The molecular formula is C12H34OSi. The molecule has 0 saturated heterocycles. The lowest BCUT2D eigenvalue weighted by molar-refractivity contribution is 0.327. The average molecular weight is 222 g/mol. The van der Waals surface area contributed by atoms with E-state index in [1.807, 2.05) is 0 Å². The third kappa shape index (κ3) is 14.7. The highest BCUT2D eigenvalue weighted by molar-refractivity contribution is 6.71. The number of hydrogen-bond donors (Lipinski definition) is 0. The SMILES string of the molecule is C.C.C.CCCCC[Si](C)(C)OCC. The fourth-order valence-corrected chi connectivity index (χ4v) is 3.29. The predicted octanol–water partition coefficient (Wildman–Crippen LogP) is 5.33. The number of unbranched alkanes of at least 4 members (excludes halogenated alkanes) is 2. The Bertz CT molecular complexity index is 92.3. The van der Waals surface area contributed by atoms with Gasteiger partial charge in [0, 0.05) is 6.61 Å². The van der Waals surface area contributed by atoms with Crippen molar-refractivity contribution in [2.24, 2.45) is 0 Å². The Morgan fingerprint density at radius 1 is 0.929 bits per heavy atom. The summed E-state index contributed by atoms with van der Waals surface area (Å²) in [7, 11) is -1.24. The smallest absolute Gasteiger partial charge is 0.186 e. The average Bonchev–Trinajstić information content (AvgIpc) is 1.87. The van der Waals surface area contributed by atoms with Crippen LogP contribution in [0.25, 0.3) is 0 Å².